The summed E-state index contributed by atoms with van der Waals surface area (Å²) in [6.07, 6.45) is 55.9. The van der Waals surface area contributed by atoms with E-state index in [1.54, 1.807) is 0 Å². The van der Waals surface area contributed by atoms with Gasteiger partial charge in [0, 0.05) is 12.8 Å². The number of phosphoric ester groups is 1. The summed E-state index contributed by atoms with van der Waals surface area (Å²) >= 11 is 0. The van der Waals surface area contributed by atoms with Gasteiger partial charge < -0.3 is 27.9 Å². The second kappa shape index (κ2) is 46.1. The third-order valence-corrected chi connectivity index (χ3v) is 12.3. The molecule has 0 aromatic heterocycles. The molecule has 0 amide bonds. The summed E-state index contributed by atoms with van der Waals surface area (Å²) < 4.78 is 34.0. The van der Waals surface area contributed by atoms with E-state index in [4.69, 9.17) is 18.5 Å². The minimum Gasteiger partial charge on any atom is -0.756 e. The van der Waals surface area contributed by atoms with E-state index in [0.717, 1.165) is 38.5 Å². The predicted octanol–water partition coefficient (Wildman–Crippen LogP) is 15.2. The molecule has 64 heavy (non-hydrogen) atoms. The number of unbranched alkanes of at least 4 members (excludes halogenated alkanes) is 26. The zero-order chi connectivity index (χ0) is 47.1. The van der Waals surface area contributed by atoms with Crippen LogP contribution in [0.3, 0.4) is 0 Å². The summed E-state index contributed by atoms with van der Waals surface area (Å²) in [7, 11) is 1.13. The van der Waals surface area contributed by atoms with Crippen LogP contribution in [0.4, 0.5) is 0 Å². The zero-order valence-corrected chi connectivity index (χ0v) is 43.1. The van der Waals surface area contributed by atoms with Crippen LogP contribution in [-0.4, -0.2) is 70.0 Å². The van der Waals surface area contributed by atoms with E-state index in [1.807, 2.05) is 27.2 Å². The maximum atomic E-state index is 12.7. The minimum absolute atomic E-state index is 0.0409. The summed E-state index contributed by atoms with van der Waals surface area (Å²) in [6, 6.07) is 0. The number of allylic oxidation sites excluding steroid dienone is 8. The topological polar surface area (TPSA) is 111 Å². The molecule has 0 bridgehead atoms. The molecule has 0 radical (unpaired) electrons. The van der Waals surface area contributed by atoms with Crippen molar-refractivity contribution in [2.24, 2.45) is 0 Å². The van der Waals surface area contributed by atoms with E-state index >= 15 is 0 Å². The quantitative estimate of drug-likeness (QED) is 0.0195. The van der Waals surface area contributed by atoms with Gasteiger partial charge in [0.15, 0.2) is 6.10 Å². The van der Waals surface area contributed by atoms with Gasteiger partial charge in [-0.3, -0.25) is 14.2 Å². The molecule has 0 aliphatic heterocycles. The van der Waals surface area contributed by atoms with Crippen molar-refractivity contribution in [1.29, 1.82) is 0 Å². The lowest BCUT2D eigenvalue weighted by molar-refractivity contribution is -0.870. The summed E-state index contributed by atoms with van der Waals surface area (Å²) in [6.45, 7) is 4.17. The van der Waals surface area contributed by atoms with Crippen molar-refractivity contribution in [2.45, 2.75) is 238 Å². The molecule has 0 rings (SSSR count). The first-order valence-electron chi connectivity index (χ1n) is 26.3. The number of carbonyl (C=O) groups excluding carboxylic acids is 2. The van der Waals surface area contributed by atoms with Crippen LogP contribution in [0.2, 0.25) is 0 Å². The van der Waals surface area contributed by atoms with Crippen LogP contribution in [-0.2, 0) is 32.7 Å². The van der Waals surface area contributed by atoms with E-state index in [0.29, 0.717) is 23.9 Å². The van der Waals surface area contributed by atoms with Crippen LogP contribution in [0.1, 0.15) is 232 Å². The Labute approximate surface area is 394 Å². The van der Waals surface area contributed by atoms with Gasteiger partial charge in [-0.1, -0.05) is 217 Å². The second-order valence-electron chi connectivity index (χ2n) is 18.9. The molecule has 0 N–H and O–H groups in total. The number of rotatable bonds is 48. The summed E-state index contributed by atoms with van der Waals surface area (Å²) in [5.41, 5.74) is 0. The van der Waals surface area contributed by atoms with Crippen LogP contribution in [0.5, 0.6) is 0 Å². The maximum Gasteiger partial charge on any atom is 0.306 e. The highest BCUT2D eigenvalue weighted by molar-refractivity contribution is 7.45. The van der Waals surface area contributed by atoms with Gasteiger partial charge in [-0.25, -0.2) is 0 Å². The third-order valence-electron chi connectivity index (χ3n) is 11.4. The fraction of sp³-hybridized carbons (Fsp3) is 0.815. The van der Waals surface area contributed by atoms with Gasteiger partial charge in [0.05, 0.1) is 27.7 Å². The molecule has 374 valence electrons. The van der Waals surface area contributed by atoms with Gasteiger partial charge in [-0.2, -0.15) is 0 Å². The molecule has 0 spiro atoms. The fourth-order valence-corrected chi connectivity index (χ4v) is 7.97. The standard InChI is InChI=1S/C54H100NO8P/c1-6-8-10-12-14-16-18-20-22-24-25-26-27-28-29-31-32-34-36-38-40-42-44-46-53(56)60-50-52(51-62-64(58,59)61-49-48-55(3,4)5)63-54(57)47-45-43-41-39-37-35-33-30-23-21-19-17-15-13-11-9-7-2/h15,17,21,23,33,35,39,41,52H,6-14,16,18-20,22,24-32,34,36-38,40,42-51H2,1-5H3/b17-15+,23-21+,35-33+,41-39+/t52-/m0/s1. The van der Waals surface area contributed by atoms with Crippen molar-refractivity contribution >= 4 is 19.8 Å². The highest BCUT2D eigenvalue weighted by atomic mass is 31.2. The van der Waals surface area contributed by atoms with E-state index in [1.165, 1.54) is 154 Å². The maximum absolute atomic E-state index is 12.7. The Balaban J connectivity index is 4.25. The first kappa shape index (κ1) is 62.0. The Hall–Kier alpha value is -2.03. The number of hydrogen-bond donors (Lipinski definition) is 0. The van der Waals surface area contributed by atoms with Gasteiger partial charge >= 0.3 is 11.9 Å². The molecule has 2 atom stereocenters. The Bertz CT molecular complexity index is 1230. The van der Waals surface area contributed by atoms with Gasteiger partial charge in [0.1, 0.15) is 19.8 Å². The number of quaternary nitrogens is 1. The Kier molecular flexibility index (Phi) is 44.6. The number of ether oxygens (including phenoxy) is 2. The highest BCUT2D eigenvalue weighted by Gasteiger charge is 2.21. The van der Waals surface area contributed by atoms with E-state index in [9.17, 15) is 19.0 Å². The number of phosphoric acid groups is 1. The van der Waals surface area contributed by atoms with Crippen LogP contribution in [0, 0.1) is 0 Å². The number of carbonyl (C=O) groups is 2. The van der Waals surface area contributed by atoms with Crippen LogP contribution < -0.4 is 4.89 Å². The lowest BCUT2D eigenvalue weighted by atomic mass is 10.0. The predicted molar refractivity (Wildman–Crippen MR) is 268 cm³/mol. The third kappa shape index (κ3) is 49.4. The molecule has 0 aromatic carbocycles. The molecule has 0 saturated carbocycles. The van der Waals surface area contributed by atoms with Crippen molar-refractivity contribution in [3.8, 4) is 0 Å². The van der Waals surface area contributed by atoms with Crippen molar-refractivity contribution in [1.82, 2.24) is 0 Å². The Morgan fingerprint density at radius 3 is 1.30 bits per heavy atom. The van der Waals surface area contributed by atoms with E-state index < -0.39 is 32.5 Å². The van der Waals surface area contributed by atoms with Gasteiger partial charge in [0.2, 0.25) is 0 Å². The smallest absolute Gasteiger partial charge is 0.306 e. The molecule has 0 saturated heterocycles. The number of hydrogen-bond acceptors (Lipinski definition) is 8. The lowest BCUT2D eigenvalue weighted by Gasteiger charge is -2.28. The van der Waals surface area contributed by atoms with Crippen molar-refractivity contribution < 1.29 is 42.1 Å². The Morgan fingerprint density at radius 2 is 0.859 bits per heavy atom. The van der Waals surface area contributed by atoms with Crippen LogP contribution >= 0.6 is 7.82 Å². The molecular formula is C54H100NO8P. The van der Waals surface area contributed by atoms with Crippen molar-refractivity contribution in [3.05, 3.63) is 48.6 Å². The SMILES string of the molecule is CCCCC/C=C/C/C=C/C/C=C/C/C=C/CCCC(=O)O[C@@H](COC(=O)CCCCCCCCCCCCCCCCCCCCCCCCC)COP(=O)([O-])OCC[N+](C)(C)C. The second-order valence-corrected chi connectivity index (χ2v) is 20.3. The fourth-order valence-electron chi connectivity index (χ4n) is 7.24. The summed E-state index contributed by atoms with van der Waals surface area (Å²) in [5.74, 6) is -0.892. The minimum atomic E-state index is -4.64. The molecule has 0 aliphatic carbocycles. The van der Waals surface area contributed by atoms with Gasteiger partial charge in [0.25, 0.3) is 7.82 Å². The number of nitrogens with zero attached hydrogens (tertiary/aromatic N) is 1. The first-order chi connectivity index (χ1) is 31.0. The largest absolute Gasteiger partial charge is 0.756 e. The molecule has 0 fully saturated rings. The summed E-state index contributed by atoms with van der Waals surface area (Å²) in [4.78, 5) is 37.7. The van der Waals surface area contributed by atoms with Crippen molar-refractivity contribution in [3.63, 3.8) is 0 Å². The number of likely N-dealkylation sites (N-methyl/N-ethyl adjacent to an activating group) is 1. The average molecular weight is 922 g/mol. The van der Waals surface area contributed by atoms with E-state index in [2.05, 4.69) is 56.4 Å². The van der Waals surface area contributed by atoms with Gasteiger partial charge in [-0.15, -0.1) is 0 Å². The summed E-state index contributed by atoms with van der Waals surface area (Å²) in [5, 5.41) is 0. The average Bonchev–Trinajstić information content (AvgIpc) is 3.25. The van der Waals surface area contributed by atoms with Crippen LogP contribution in [0.15, 0.2) is 48.6 Å². The zero-order valence-electron chi connectivity index (χ0n) is 42.2. The van der Waals surface area contributed by atoms with Gasteiger partial charge in [-0.05, 0) is 51.4 Å². The monoisotopic (exact) mass is 922 g/mol. The molecule has 0 aliphatic rings. The van der Waals surface area contributed by atoms with Crippen molar-refractivity contribution in [2.75, 3.05) is 47.5 Å². The lowest BCUT2D eigenvalue weighted by Crippen LogP contribution is -2.37. The normalized spacial score (nSPS) is 13.8. The molecule has 0 aromatic rings. The molecule has 1 unspecified atom stereocenters. The Morgan fingerprint density at radius 1 is 0.484 bits per heavy atom. The molecule has 0 heterocycles. The highest BCUT2D eigenvalue weighted by Crippen LogP contribution is 2.38. The molecule has 10 heteroatoms. The van der Waals surface area contributed by atoms with Crippen LogP contribution in [0.25, 0.3) is 0 Å². The molecule has 9 nitrogen and oxygen atoms in total. The first-order valence-corrected chi connectivity index (χ1v) is 27.8. The number of esters is 2. The van der Waals surface area contributed by atoms with E-state index in [-0.39, 0.29) is 26.1 Å². The molecular weight excluding hydrogens is 822 g/mol.